The summed E-state index contributed by atoms with van der Waals surface area (Å²) in [6.45, 7) is 0. The lowest BCUT2D eigenvalue weighted by molar-refractivity contribution is -0.384. The number of nitrogens with zero attached hydrogens (tertiary/aromatic N) is 1. The molecule has 0 aliphatic carbocycles. The average Bonchev–Trinajstić information content (AvgIpc) is 2.24. The van der Waals surface area contributed by atoms with Crippen LogP contribution in [0, 0.1) is 10.1 Å². The summed E-state index contributed by atoms with van der Waals surface area (Å²) in [6, 6.07) is 2.72. The van der Waals surface area contributed by atoms with E-state index in [0.29, 0.717) is 10.0 Å². The maximum absolute atomic E-state index is 11.0. The first-order valence-corrected chi connectivity index (χ1v) is 5.32. The second-order valence-corrected chi connectivity index (χ2v) is 4.05. The molecule has 0 aromatic heterocycles. The summed E-state index contributed by atoms with van der Waals surface area (Å²) in [7, 11) is 1.27. The summed E-state index contributed by atoms with van der Waals surface area (Å²) in [5, 5.41) is 10.6. The van der Waals surface area contributed by atoms with Crippen molar-refractivity contribution in [3.05, 3.63) is 37.3 Å². The van der Waals surface area contributed by atoms with Gasteiger partial charge in [0.2, 0.25) is 0 Å². The van der Waals surface area contributed by atoms with Gasteiger partial charge in [-0.1, -0.05) is 17.7 Å². The van der Waals surface area contributed by atoms with E-state index in [4.69, 9.17) is 11.6 Å². The highest BCUT2D eigenvalue weighted by Gasteiger charge is 2.18. The molecule has 0 bridgehead atoms. The quantitative estimate of drug-likeness (QED) is 0.489. The van der Waals surface area contributed by atoms with Crippen LogP contribution in [-0.4, -0.2) is 18.0 Å². The van der Waals surface area contributed by atoms with Crippen LogP contribution in [0.1, 0.15) is 5.56 Å². The third-order valence-electron chi connectivity index (χ3n) is 1.90. The van der Waals surface area contributed by atoms with Crippen LogP contribution in [0.25, 0.3) is 0 Å². The van der Waals surface area contributed by atoms with Crippen LogP contribution in [0.15, 0.2) is 16.6 Å². The summed E-state index contributed by atoms with van der Waals surface area (Å²) < 4.78 is 4.83. The van der Waals surface area contributed by atoms with Gasteiger partial charge in [0, 0.05) is 10.5 Å². The minimum atomic E-state index is -0.588. The van der Waals surface area contributed by atoms with E-state index in [1.807, 2.05) is 0 Å². The van der Waals surface area contributed by atoms with E-state index in [2.05, 4.69) is 20.7 Å². The van der Waals surface area contributed by atoms with E-state index >= 15 is 0 Å². The van der Waals surface area contributed by atoms with Crippen molar-refractivity contribution in [3.8, 4) is 0 Å². The molecule has 0 aliphatic rings. The average molecular weight is 309 g/mol. The number of methoxy groups -OCH3 is 1. The summed E-state index contributed by atoms with van der Waals surface area (Å²) in [5.74, 6) is -0.439. The van der Waals surface area contributed by atoms with Crippen LogP contribution in [0.2, 0.25) is 5.02 Å². The van der Waals surface area contributed by atoms with Gasteiger partial charge >= 0.3 is 5.97 Å². The molecule has 0 unspecified atom stereocenters. The Morgan fingerprint density at radius 2 is 2.25 bits per heavy atom. The van der Waals surface area contributed by atoms with Crippen molar-refractivity contribution in [3.63, 3.8) is 0 Å². The summed E-state index contributed by atoms with van der Waals surface area (Å²) in [6.07, 6.45) is 0.00873. The van der Waals surface area contributed by atoms with E-state index in [1.54, 1.807) is 0 Å². The maximum Gasteiger partial charge on any atom is 0.310 e. The third kappa shape index (κ3) is 2.70. The van der Waals surface area contributed by atoms with Gasteiger partial charge in [0.25, 0.3) is 5.69 Å². The molecule has 0 saturated heterocycles. The second kappa shape index (κ2) is 5.27. The van der Waals surface area contributed by atoms with E-state index in [1.165, 1.54) is 19.2 Å². The highest BCUT2D eigenvalue weighted by Crippen LogP contribution is 2.34. The number of hydrogen-bond donors (Lipinski definition) is 0. The monoisotopic (exact) mass is 307 g/mol. The van der Waals surface area contributed by atoms with E-state index < -0.39 is 10.9 Å². The molecule has 0 atom stereocenters. The minimum Gasteiger partial charge on any atom is -0.469 e. The number of halogens is 2. The Bertz CT molecular complexity index is 449. The lowest BCUT2D eigenvalue weighted by atomic mass is 10.1. The number of ether oxygens (including phenoxy) is 1. The molecule has 0 saturated carbocycles. The minimum absolute atomic E-state index is 0.00873. The predicted octanol–water partition coefficient (Wildman–Crippen LogP) is 2.73. The fraction of sp³-hybridized carbons (Fsp3) is 0.222. The summed E-state index contributed by atoms with van der Waals surface area (Å²) >= 11 is 8.89. The number of carbonyl (C=O) groups excluding carboxylic acids is 1. The number of hydrogen-bond acceptors (Lipinski definition) is 4. The molecule has 16 heavy (non-hydrogen) atoms. The Kier molecular flexibility index (Phi) is 4.26. The van der Waals surface area contributed by atoms with Crippen molar-refractivity contribution in [2.45, 2.75) is 6.42 Å². The molecule has 1 aromatic carbocycles. The Morgan fingerprint density at radius 1 is 1.62 bits per heavy atom. The number of rotatable bonds is 3. The number of carbonyl (C=O) groups is 1. The highest BCUT2D eigenvalue weighted by molar-refractivity contribution is 9.10. The zero-order valence-corrected chi connectivity index (χ0v) is 10.5. The number of nitro groups is 1. The first-order chi connectivity index (χ1) is 7.47. The maximum atomic E-state index is 11.0. The lowest BCUT2D eigenvalue weighted by Crippen LogP contribution is -2.05. The molecule has 0 N–H and O–H groups in total. The zero-order valence-electron chi connectivity index (χ0n) is 8.20. The first-order valence-electron chi connectivity index (χ1n) is 4.15. The van der Waals surface area contributed by atoms with Gasteiger partial charge in [-0.05, 0) is 21.5 Å². The van der Waals surface area contributed by atoms with Crippen LogP contribution >= 0.6 is 27.5 Å². The number of esters is 1. The normalized spacial score (nSPS) is 9.94. The Hall–Kier alpha value is -1.14. The van der Waals surface area contributed by atoms with Gasteiger partial charge in [-0.15, -0.1) is 0 Å². The van der Waals surface area contributed by atoms with Crippen molar-refractivity contribution in [2.75, 3.05) is 7.11 Å². The Morgan fingerprint density at radius 3 is 2.75 bits per heavy atom. The van der Waals surface area contributed by atoms with E-state index in [-0.39, 0.29) is 17.1 Å². The van der Waals surface area contributed by atoms with Crippen molar-refractivity contribution < 1.29 is 14.5 Å². The predicted molar refractivity (Wildman–Crippen MR) is 61.5 cm³/mol. The molecule has 86 valence electrons. The summed E-state index contributed by atoms with van der Waals surface area (Å²) in [4.78, 5) is 21.0. The molecule has 7 heteroatoms. The van der Waals surface area contributed by atoms with Crippen LogP contribution in [0.5, 0.6) is 0 Å². The van der Waals surface area contributed by atoms with Crippen molar-refractivity contribution in [1.82, 2.24) is 0 Å². The number of nitro benzene ring substituents is 1. The molecule has 5 nitrogen and oxygen atoms in total. The highest BCUT2D eigenvalue weighted by atomic mass is 79.9. The fourth-order valence-electron chi connectivity index (χ4n) is 1.08. The standard InChI is InChI=1S/C9H7BrClNO4/c1-16-7(13)4-5-2-3-6(12(14)15)9(11)8(5)10/h2-3H,4H2,1H3. The van der Waals surface area contributed by atoms with Gasteiger partial charge in [-0.3, -0.25) is 14.9 Å². The molecule has 0 heterocycles. The van der Waals surface area contributed by atoms with Gasteiger partial charge in [0.15, 0.2) is 0 Å². The van der Waals surface area contributed by atoms with Gasteiger partial charge in [-0.25, -0.2) is 0 Å². The Labute approximate surface area is 105 Å². The molecule has 0 fully saturated rings. The van der Waals surface area contributed by atoms with Crippen molar-refractivity contribution in [2.24, 2.45) is 0 Å². The largest absolute Gasteiger partial charge is 0.469 e. The molecule has 1 rings (SSSR count). The molecular weight excluding hydrogens is 301 g/mol. The SMILES string of the molecule is COC(=O)Cc1ccc([N+](=O)[O-])c(Cl)c1Br. The fourth-order valence-corrected chi connectivity index (χ4v) is 1.81. The van der Waals surface area contributed by atoms with Crippen molar-refractivity contribution >= 4 is 39.2 Å². The van der Waals surface area contributed by atoms with Gasteiger partial charge < -0.3 is 4.74 Å². The summed E-state index contributed by atoms with van der Waals surface area (Å²) in [5.41, 5.74) is 0.338. The van der Waals surface area contributed by atoms with Gasteiger partial charge in [0.05, 0.1) is 18.5 Å². The van der Waals surface area contributed by atoms with E-state index in [0.717, 1.165) is 0 Å². The molecular formula is C9H7BrClNO4. The lowest BCUT2D eigenvalue weighted by Gasteiger charge is -2.05. The van der Waals surface area contributed by atoms with Gasteiger partial charge in [-0.2, -0.15) is 0 Å². The molecule has 0 aliphatic heterocycles. The molecule has 1 aromatic rings. The van der Waals surface area contributed by atoms with E-state index in [9.17, 15) is 14.9 Å². The second-order valence-electron chi connectivity index (χ2n) is 2.88. The first kappa shape index (κ1) is 12.9. The third-order valence-corrected chi connectivity index (χ3v) is 3.42. The zero-order chi connectivity index (χ0) is 12.3. The van der Waals surface area contributed by atoms with Gasteiger partial charge in [0.1, 0.15) is 5.02 Å². The van der Waals surface area contributed by atoms with Crippen LogP contribution in [-0.2, 0) is 16.0 Å². The molecule has 0 amide bonds. The molecule has 0 spiro atoms. The van der Waals surface area contributed by atoms with Crippen molar-refractivity contribution in [1.29, 1.82) is 0 Å². The molecule has 0 radical (unpaired) electrons. The number of benzene rings is 1. The van der Waals surface area contributed by atoms with Crippen LogP contribution in [0.3, 0.4) is 0 Å². The van der Waals surface area contributed by atoms with Crippen LogP contribution in [0.4, 0.5) is 5.69 Å². The Balaban J connectivity index is 3.12. The smallest absolute Gasteiger partial charge is 0.310 e. The topological polar surface area (TPSA) is 69.4 Å². The van der Waals surface area contributed by atoms with Crippen LogP contribution < -0.4 is 0 Å².